The lowest BCUT2D eigenvalue weighted by Gasteiger charge is -2.29. The molecule has 2 rings (SSSR count). The van der Waals surface area contributed by atoms with Crippen molar-refractivity contribution in [2.75, 3.05) is 19.0 Å². The van der Waals surface area contributed by atoms with Gasteiger partial charge in [0.1, 0.15) is 12.5 Å². The molecule has 0 amide bonds. The lowest BCUT2D eigenvalue weighted by atomic mass is 9.96. The van der Waals surface area contributed by atoms with Crippen molar-refractivity contribution in [3.63, 3.8) is 0 Å². The minimum atomic E-state index is -5.93. The van der Waals surface area contributed by atoms with E-state index in [0.29, 0.717) is 0 Å². The van der Waals surface area contributed by atoms with Crippen LogP contribution in [0.25, 0.3) is 0 Å². The van der Waals surface area contributed by atoms with Gasteiger partial charge in [0, 0.05) is 6.20 Å². The van der Waals surface area contributed by atoms with E-state index >= 15 is 0 Å². The van der Waals surface area contributed by atoms with E-state index in [4.69, 9.17) is 25.2 Å². The minimum Gasteiger partial charge on any atom is -0.384 e. The number of ether oxygens (including phenoxy) is 1. The first-order chi connectivity index (χ1) is 14.3. The third-order valence-corrected chi connectivity index (χ3v) is 7.58. The maximum Gasteiger partial charge on any atom is 0.490 e. The number of nitrogens with two attached hydrogens (primary N) is 1. The molecule has 8 N–H and O–H groups in total. The second-order valence-corrected chi connectivity index (χ2v) is 10.6. The van der Waals surface area contributed by atoms with Gasteiger partial charge in [-0.3, -0.25) is 9.09 Å². The average Bonchev–Trinajstić information content (AvgIpc) is 2.78. The number of halogens is 2. The maximum absolute atomic E-state index is 14.8. The fourth-order valence-electron chi connectivity index (χ4n) is 2.48. The Kier molecular flexibility index (Phi) is 7.52. The summed E-state index contributed by atoms with van der Waals surface area (Å²) < 4.78 is 78.4. The Balaban J connectivity index is 2.27. The summed E-state index contributed by atoms with van der Waals surface area (Å²) in [6.45, 7) is -3.59. The van der Waals surface area contributed by atoms with Gasteiger partial charge >= 0.3 is 29.2 Å². The van der Waals surface area contributed by atoms with Crippen LogP contribution in [0.1, 0.15) is 6.23 Å². The molecule has 1 aliphatic rings. The van der Waals surface area contributed by atoms with Gasteiger partial charge in [-0.15, -0.1) is 0 Å². The van der Waals surface area contributed by atoms with Crippen molar-refractivity contribution in [2.45, 2.75) is 23.8 Å². The van der Waals surface area contributed by atoms with Crippen molar-refractivity contribution in [2.24, 2.45) is 0 Å². The molecular formula is C10H16F2N3O14P3. The number of phosphoric acid groups is 3. The molecule has 22 heteroatoms. The standard InChI is InChI=1S/C10H16F2N3O14P3/c11-3-9(4-26-31(22,23)29-32(24,25)28-30(19,20)21)6(16)10(12,18)7(27-9)15-2-1-5(13)14-8(15)17/h1-2,6-7,16,18H,3-4H2,(H,22,23)(H,24,25)(H2,13,14,17)(H2,19,20,21)/t6-,7-,9-,10-/m1/s1. The number of nitrogen functional groups attached to an aromatic ring is 1. The van der Waals surface area contributed by atoms with Crippen molar-refractivity contribution >= 4 is 29.3 Å². The highest BCUT2D eigenvalue weighted by molar-refractivity contribution is 7.66. The van der Waals surface area contributed by atoms with Gasteiger partial charge in [-0.25, -0.2) is 27.3 Å². The molecule has 0 radical (unpaired) electrons. The summed E-state index contributed by atoms with van der Waals surface area (Å²) in [7, 11) is -17.4. The third-order valence-electron chi connectivity index (χ3n) is 3.79. The molecule has 32 heavy (non-hydrogen) atoms. The summed E-state index contributed by atoms with van der Waals surface area (Å²) in [5.41, 5.74) is 0.954. The average molecular weight is 533 g/mol. The summed E-state index contributed by atoms with van der Waals surface area (Å²) >= 11 is 0. The van der Waals surface area contributed by atoms with Gasteiger partial charge in [0.05, 0.1) is 6.61 Å². The van der Waals surface area contributed by atoms with Crippen LogP contribution in [-0.2, 0) is 31.6 Å². The Morgan fingerprint density at radius 2 is 1.81 bits per heavy atom. The molecule has 1 aromatic heterocycles. The topological polar surface area (TPSA) is 270 Å². The predicted molar refractivity (Wildman–Crippen MR) is 93.6 cm³/mol. The quantitative estimate of drug-likeness (QED) is 0.177. The maximum atomic E-state index is 14.8. The van der Waals surface area contributed by atoms with Crippen LogP contribution < -0.4 is 11.4 Å². The molecule has 2 heterocycles. The molecule has 1 saturated heterocycles. The molecule has 0 aliphatic carbocycles. The van der Waals surface area contributed by atoms with Crippen LogP contribution >= 0.6 is 23.5 Å². The molecule has 184 valence electrons. The predicted octanol–water partition coefficient (Wildman–Crippen LogP) is -1.58. The van der Waals surface area contributed by atoms with Crippen LogP contribution in [-0.4, -0.2) is 70.2 Å². The zero-order chi connectivity index (χ0) is 24.8. The molecule has 1 aliphatic heterocycles. The number of alkyl halides is 2. The Labute approximate surface area is 175 Å². The minimum absolute atomic E-state index is 0.266. The van der Waals surface area contributed by atoms with E-state index in [9.17, 15) is 42.4 Å². The molecule has 6 atom stereocenters. The second-order valence-electron chi connectivity index (χ2n) is 6.21. The van der Waals surface area contributed by atoms with Crippen LogP contribution in [0.3, 0.4) is 0 Å². The summed E-state index contributed by atoms with van der Waals surface area (Å²) in [4.78, 5) is 50.5. The molecule has 2 unspecified atom stereocenters. The summed E-state index contributed by atoms with van der Waals surface area (Å²) in [5, 5.41) is 20.0. The van der Waals surface area contributed by atoms with Gasteiger partial charge in [0.2, 0.25) is 6.23 Å². The van der Waals surface area contributed by atoms with Crippen LogP contribution in [0.5, 0.6) is 0 Å². The number of phosphoric ester groups is 1. The highest BCUT2D eigenvalue weighted by Crippen LogP contribution is 2.66. The first-order valence-electron chi connectivity index (χ1n) is 7.80. The van der Waals surface area contributed by atoms with E-state index in [1.54, 1.807) is 0 Å². The fraction of sp³-hybridized carbons (Fsp3) is 0.600. The summed E-state index contributed by atoms with van der Waals surface area (Å²) in [6.07, 6.45) is -4.59. The highest BCUT2D eigenvalue weighted by Gasteiger charge is 2.66. The fourth-order valence-corrected chi connectivity index (χ4v) is 5.56. The lowest BCUT2D eigenvalue weighted by Crippen LogP contribution is -2.52. The molecule has 1 fully saturated rings. The summed E-state index contributed by atoms with van der Waals surface area (Å²) in [6, 6.07) is 0.953. The van der Waals surface area contributed by atoms with Gasteiger partial charge in [0.15, 0.2) is 11.7 Å². The van der Waals surface area contributed by atoms with E-state index in [0.717, 1.165) is 12.3 Å². The van der Waals surface area contributed by atoms with Crippen LogP contribution in [0.4, 0.5) is 14.6 Å². The van der Waals surface area contributed by atoms with Crippen molar-refractivity contribution < 1.29 is 70.1 Å². The Bertz CT molecular complexity index is 1060. The van der Waals surface area contributed by atoms with Gasteiger partial charge < -0.3 is 40.3 Å². The number of nitrogens with zero attached hydrogens (tertiary/aromatic N) is 2. The third kappa shape index (κ3) is 6.03. The smallest absolute Gasteiger partial charge is 0.384 e. The van der Waals surface area contributed by atoms with Crippen molar-refractivity contribution in [3.05, 3.63) is 22.7 Å². The molecule has 0 saturated carbocycles. The number of aliphatic hydroxyl groups excluding tert-OH is 1. The number of aliphatic hydroxyl groups is 2. The second kappa shape index (κ2) is 8.88. The van der Waals surface area contributed by atoms with Crippen molar-refractivity contribution in [1.29, 1.82) is 0 Å². The molecule has 0 spiro atoms. The van der Waals surface area contributed by atoms with Gasteiger partial charge in [0.25, 0.3) is 5.85 Å². The van der Waals surface area contributed by atoms with Crippen LogP contribution in [0.2, 0.25) is 0 Å². The Hall–Kier alpha value is -1.17. The first kappa shape index (κ1) is 27.1. The molecule has 0 aromatic carbocycles. The number of rotatable bonds is 9. The largest absolute Gasteiger partial charge is 0.490 e. The van der Waals surface area contributed by atoms with Crippen LogP contribution in [0.15, 0.2) is 17.1 Å². The molecule has 0 bridgehead atoms. The number of hydrogen-bond acceptors (Lipinski definition) is 12. The first-order valence-corrected chi connectivity index (χ1v) is 12.3. The lowest BCUT2D eigenvalue weighted by molar-refractivity contribution is -0.197. The Morgan fingerprint density at radius 1 is 1.22 bits per heavy atom. The summed E-state index contributed by atoms with van der Waals surface area (Å²) in [5.74, 6) is -4.23. The molecular weight excluding hydrogens is 517 g/mol. The SMILES string of the molecule is Nc1ccn([C@@H]2O[C@](CF)(COP(=O)(O)OP(=O)(O)OP(=O)(O)O)[C@@H](O)[C@]2(O)F)c(=O)n1. The van der Waals surface area contributed by atoms with E-state index in [1.807, 2.05) is 0 Å². The van der Waals surface area contributed by atoms with Crippen molar-refractivity contribution in [3.8, 4) is 0 Å². The number of anilines is 1. The van der Waals surface area contributed by atoms with E-state index in [2.05, 4.69) is 18.1 Å². The highest BCUT2D eigenvalue weighted by atomic mass is 31.3. The number of hydrogen-bond donors (Lipinski definition) is 7. The van der Waals surface area contributed by atoms with E-state index in [1.165, 1.54) is 0 Å². The van der Waals surface area contributed by atoms with Gasteiger partial charge in [-0.2, -0.15) is 13.6 Å². The van der Waals surface area contributed by atoms with Gasteiger partial charge in [-0.05, 0) is 6.07 Å². The molecule has 17 nitrogen and oxygen atoms in total. The van der Waals surface area contributed by atoms with E-state index < -0.39 is 66.2 Å². The molecule has 1 aromatic rings. The zero-order valence-electron chi connectivity index (χ0n) is 15.2. The van der Waals surface area contributed by atoms with E-state index in [-0.39, 0.29) is 10.4 Å². The number of aromatic nitrogens is 2. The zero-order valence-corrected chi connectivity index (χ0v) is 17.9. The monoisotopic (exact) mass is 533 g/mol. The van der Waals surface area contributed by atoms with Gasteiger partial charge in [-0.1, -0.05) is 0 Å². The van der Waals surface area contributed by atoms with Crippen LogP contribution in [0, 0.1) is 0 Å². The normalized spacial score (nSPS) is 32.4. The Morgan fingerprint density at radius 3 is 2.31 bits per heavy atom. The van der Waals surface area contributed by atoms with Crippen molar-refractivity contribution in [1.82, 2.24) is 9.55 Å².